The summed E-state index contributed by atoms with van der Waals surface area (Å²) in [6.07, 6.45) is 0.167. The van der Waals surface area contributed by atoms with Crippen molar-refractivity contribution in [3.63, 3.8) is 0 Å². The summed E-state index contributed by atoms with van der Waals surface area (Å²) in [6, 6.07) is 12.1. The first-order valence-electron chi connectivity index (χ1n) is 10.9. The van der Waals surface area contributed by atoms with E-state index in [-0.39, 0.29) is 35.8 Å². The Hall–Kier alpha value is -4.27. The molecule has 0 aliphatic rings. The zero-order valence-electron chi connectivity index (χ0n) is 19.6. The molecule has 1 heterocycles. The molecule has 0 fully saturated rings. The van der Waals surface area contributed by atoms with E-state index >= 15 is 0 Å². The van der Waals surface area contributed by atoms with Crippen molar-refractivity contribution in [3.8, 4) is 17.2 Å². The Bertz CT molecular complexity index is 1290. The fourth-order valence-electron chi connectivity index (χ4n) is 3.95. The van der Waals surface area contributed by atoms with Crippen molar-refractivity contribution in [2.45, 2.75) is 32.2 Å². The fraction of sp³-hybridized carbons (Fsp3) is 0.269. The minimum absolute atomic E-state index is 0.0281. The maximum atomic E-state index is 13.5. The number of carbonyl (C=O) groups excluding carboxylic acids is 2. The van der Waals surface area contributed by atoms with Crippen LogP contribution >= 0.6 is 0 Å². The molecule has 1 aromatic heterocycles. The highest BCUT2D eigenvalue weighted by Crippen LogP contribution is 2.33. The number of rotatable bonds is 8. The lowest BCUT2D eigenvalue weighted by Gasteiger charge is -2.21. The third-order valence-corrected chi connectivity index (χ3v) is 5.87. The van der Waals surface area contributed by atoms with Crippen LogP contribution < -0.4 is 5.56 Å². The average Bonchev–Trinajstić information content (AvgIpc) is 2.84. The Labute approximate surface area is 201 Å². The number of benzene rings is 2. The number of phenolic OH excluding ortho intramolecular Hbond substituents is 2. The van der Waals surface area contributed by atoms with Gasteiger partial charge in [0.2, 0.25) is 0 Å². The number of aromatic nitrogens is 1. The molecule has 35 heavy (non-hydrogen) atoms. The lowest BCUT2D eigenvalue weighted by molar-refractivity contribution is -0.140. The monoisotopic (exact) mass is 481 g/mol. The van der Waals surface area contributed by atoms with Crippen molar-refractivity contribution >= 4 is 11.9 Å². The van der Waals surface area contributed by atoms with Gasteiger partial charge in [0, 0.05) is 18.2 Å². The quantitative estimate of drug-likeness (QED) is 0.330. The zero-order chi connectivity index (χ0) is 25.7. The van der Waals surface area contributed by atoms with Crippen LogP contribution in [0.3, 0.4) is 0 Å². The Balaban J connectivity index is 2.03. The van der Waals surface area contributed by atoms with E-state index in [1.165, 1.54) is 49.1 Å². The van der Waals surface area contributed by atoms with E-state index < -0.39 is 23.4 Å². The number of nitrogens with zero attached hydrogens (tertiary/aromatic N) is 1. The van der Waals surface area contributed by atoms with Gasteiger partial charge in [-0.3, -0.25) is 9.59 Å². The smallest absolute Gasteiger partial charge is 0.337 e. The van der Waals surface area contributed by atoms with Gasteiger partial charge in [-0.15, -0.1) is 0 Å². The van der Waals surface area contributed by atoms with Gasteiger partial charge in [0.25, 0.3) is 5.56 Å². The molecule has 3 aromatic rings. The summed E-state index contributed by atoms with van der Waals surface area (Å²) < 4.78 is 11.0. The molecule has 0 aliphatic heterocycles. The molecule has 0 saturated heterocycles. The predicted octanol–water partition coefficient (Wildman–Crippen LogP) is 3.00. The lowest BCUT2D eigenvalue weighted by atomic mass is 9.88. The number of ether oxygens (including phenoxy) is 2. The fourth-order valence-corrected chi connectivity index (χ4v) is 3.95. The standard InChI is InChI=1S/C26H27NO8/c1-15-12-22(30)24(25(32)27(15)11-10-16-4-9-20(28)21(29)13-16)19(14-23(31)34-2)17-5-7-18(8-6-17)26(33)35-3/h4-9,12-13,19,28-30H,10-11,14H2,1-3H3/t19-/m1/s1. The van der Waals surface area contributed by atoms with Gasteiger partial charge in [0.15, 0.2) is 11.5 Å². The van der Waals surface area contributed by atoms with E-state index in [1.54, 1.807) is 25.1 Å². The van der Waals surface area contributed by atoms with Gasteiger partial charge >= 0.3 is 11.9 Å². The van der Waals surface area contributed by atoms with Crippen LogP contribution in [0.2, 0.25) is 0 Å². The summed E-state index contributed by atoms with van der Waals surface area (Å²) in [7, 11) is 2.50. The number of pyridine rings is 1. The molecule has 3 rings (SSSR count). The molecule has 3 N–H and O–H groups in total. The van der Waals surface area contributed by atoms with Crippen molar-refractivity contribution in [2.24, 2.45) is 0 Å². The number of hydrogen-bond acceptors (Lipinski definition) is 8. The zero-order valence-corrected chi connectivity index (χ0v) is 19.6. The normalized spacial score (nSPS) is 11.6. The third-order valence-electron chi connectivity index (χ3n) is 5.87. The molecular weight excluding hydrogens is 454 g/mol. The molecule has 2 aromatic carbocycles. The molecule has 0 unspecified atom stereocenters. The average molecular weight is 482 g/mol. The first-order chi connectivity index (χ1) is 16.7. The first kappa shape index (κ1) is 25.4. The van der Waals surface area contributed by atoms with Crippen molar-refractivity contribution in [2.75, 3.05) is 14.2 Å². The number of phenols is 2. The molecule has 0 radical (unpaired) electrons. The highest BCUT2D eigenvalue weighted by atomic mass is 16.5. The van der Waals surface area contributed by atoms with Crippen molar-refractivity contribution < 1.29 is 34.4 Å². The maximum absolute atomic E-state index is 13.5. The second-order valence-electron chi connectivity index (χ2n) is 8.06. The number of esters is 2. The SMILES string of the molecule is COC(=O)C[C@H](c1ccc(C(=O)OC)cc1)c1c(O)cc(C)n(CCc2ccc(O)c(O)c2)c1=O. The Morgan fingerprint density at radius 3 is 2.20 bits per heavy atom. The second-order valence-corrected chi connectivity index (χ2v) is 8.06. The number of aromatic hydroxyl groups is 3. The van der Waals surface area contributed by atoms with Crippen LogP contribution in [-0.4, -0.2) is 46.0 Å². The van der Waals surface area contributed by atoms with E-state index in [1.807, 2.05) is 0 Å². The molecule has 184 valence electrons. The van der Waals surface area contributed by atoms with E-state index in [9.17, 15) is 29.7 Å². The molecule has 0 aliphatic carbocycles. The molecule has 0 saturated carbocycles. The Morgan fingerprint density at radius 2 is 1.60 bits per heavy atom. The largest absolute Gasteiger partial charge is 0.507 e. The highest BCUT2D eigenvalue weighted by molar-refractivity contribution is 5.89. The van der Waals surface area contributed by atoms with Crippen LogP contribution in [0, 0.1) is 6.92 Å². The van der Waals surface area contributed by atoms with Crippen LogP contribution in [0.4, 0.5) is 0 Å². The van der Waals surface area contributed by atoms with E-state index in [4.69, 9.17) is 9.47 Å². The topological polar surface area (TPSA) is 135 Å². The summed E-state index contributed by atoms with van der Waals surface area (Å²) in [5.74, 6) is -2.67. The lowest BCUT2D eigenvalue weighted by Crippen LogP contribution is -2.29. The van der Waals surface area contributed by atoms with Crippen molar-refractivity contribution in [1.82, 2.24) is 4.57 Å². The van der Waals surface area contributed by atoms with Crippen LogP contribution in [-0.2, 0) is 27.2 Å². The molecule has 1 atom stereocenters. The first-order valence-corrected chi connectivity index (χ1v) is 10.9. The summed E-state index contributed by atoms with van der Waals surface area (Å²) in [5.41, 5.74) is 1.60. The molecular formula is C26H27NO8. The van der Waals surface area contributed by atoms with E-state index in [0.29, 0.717) is 28.8 Å². The number of aryl methyl sites for hydroxylation is 2. The van der Waals surface area contributed by atoms with Gasteiger partial charge < -0.3 is 29.4 Å². The van der Waals surface area contributed by atoms with Gasteiger partial charge in [0.1, 0.15) is 5.75 Å². The summed E-state index contributed by atoms with van der Waals surface area (Å²) in [4.78, 5) is 37.5. The number of methoxy groups -OCH3 is 2. The summed E-state index contributed by atoms with van der Waals surface area (Å²) in [5, 5.41) is 30.0. The minimum atomic E-state index is -0.828. The van der Waals surface area contributed by atoms with Gasteiger partial charge in [-0.2, -0.15) is 0 Å². The Morgan fingerprint density at radius 1 is 0.914 bits per heavy atom. The van der Waals surface area contributed by atoms with Crippen LogP contribution in [0.15, 0.2) is 53.3 Å². The van der Waals surface area contributed by atoms with Crippen molar-refractivity contribution in [3.05, 3.63) is 86.8 Å². The maximum Gasteiger partial charge on any atom is 0.337 e. The highest BCUT2D eigenvalue weighted by Gasteiger charge is 2.27. The molecule has 9 heteroatoms. The molecule has 9 nitrogen and oxygen atoms in total. The third kappa shape index (κ3) is 5.63. The Kier molecular flexibility index (Phi) is 7.80. The van der Waals surface area contributed by atoms with Gasteiger partial charge in [-0.1, -0.05) is 18.2 Å². The second kappa shape index (κ2) is 10.8. The summed E-state index contributed by atoms with van der Waals surface area (Å²) in [6.45, 7) is 1.91. The van der Waals surface area contributed by atoms with Crippen LogP contribution in [0.1, 0.15) is 45.1 Å². The number of hydrogen-bond donors (Lipinski definition) is 3. The molecule has 0 bridgehead atoms. The van der Waals surface area contributed by atoms with Crippen molar-refractivity contribution in [1.29, 1.82) is 0 Å². The van der Waals surface area contributed by atoms with Gasteiger partial charge in [-0.05, 0) is 54.8 Å². The number of carbonyl (C=O) groups is 2. The predicted molar refractivity (Wildman–Crippen MR) is 127 cm³/mol. The van der Waals surface area contributed by atoms with E-state index in [2.05, 4.69) is 0 Å². The summed E-state index contributed by atoms with van der Waals surface area (Å²) >= 11 is 0. The van der Waals surface area contributed by atoms with E-state index in [0.717, 1.165) is 0 Å². The van der Waals surface area contributed by atoms with Gasteiger partial charge in [0.05, 0.1) is 31.8 Å². The molecule has 0 spiro atoms. The van der Waals surface area contributed by atoms with Gasteiger partial charge in [-0.25, -0.2) is 4.79 Å². The minimum Gasteiger partial charge on any atom is -0.507 e. The molecule has 0 amide bonds. The van der Waals surface area contributed by atoms with Crippen LogP contribution in [0.25, 0.3) is 0 Å². The van der Waals surface area contributed by atoms with Crippen LogP contribution in [0.5, 0.6) is 17.2 Å².